The summed E-state index contributed by atoms with van der Waals surface area (Å²) in [6.07, 6.45) is 3.65. The van der Waals surface area contributed by atoms with Crippen LogP contribution in [0.5, 0.6) is 0 Å². The van der Waals surface area contributed by atoms with Crippen LogP contribution >= 0.6 is 0 Å². The molecule has 1 saturated carbocycles. The molecule has 1 aliphatic heterocycles. The summed E-state index contributed by atoms with van der Waals surface area (Å²) in [4.78, 5) is 11.8. The summed E-state index contributed by atoms with van der Waals surface area (Å²) in [6, 6.07) is 0. The Hall–Kier alpha value is -0.610. The van der Waals surface area contributed by atoms with Crippen molar-refractivity contribution < 1.29 is 14.3 Å². The van der Waals surface area contributed by atoms with Gasteiger partial charge in [0.05, 0.1) is 18.6 Å². The molecule has 2 fully saturated rings. The van der Waals surface area contributed by atoms with Gasteiger partial charge in [-0.25, -0.2) is 0 Å². The lowest BCUT2D eigenvalue weighted by Crippen LogP contribution is -2.46. The summed E-state index contributed by atoms with van der Waals surface area (Å²) < 4.78 is 10.5. The lowest BCUT2D eigenvalue weighted by atomic mass is 9.69. The zero-order chi connectivity index (χ0) is 10.0. The second-order valence-corrected chi connectivity index (χ2v) is 4.23. The van der Waals surface area contributed by atoms with Crippen LogP contribution in [-0.4, -0.2) is 31.8 Å². The lowest BCUT2D eigenvalue weighted by Gasteiger charge is -2.38. The van der Waals surface area contributed by atoms with E-state index in [0.717, 1.165) is 25.7 Å². The first-order valence-corrected chi connectivity index (χ1v) is 5.26. The maximum Gasteiger partial charge on any atom is 0.313 e. The minimum Gasteiger partial charge on any atom is -0.459 e. The highest BCUT2D eigenvalue weighted by Crippen LogP contribution is 2.41. The summed E-state index contributed by atoms with van der Waals surface area (Å²) in [5.41, 5.74) is 5.25. The summed E-state index contributed by atoms with van der Waals surface area (Å²) in [5, 5.41) is 0. The Morgan fingerprint density at radius 1 is 1.57 bits per heavy atom. The predicted octanol–water partition coefficient (Wildman–Crippen LogP) is 0.447. The van der Waals surface area contributed by atoms with Crippen molar-refractivity contribution in [3.05, 3.63) is 0 Å². The number of hydrogen-bond donors (Lipinski definition) is 1. The number of nitrogens with two attached hydrogens (primary N) is 1. The van der Waals surface area contributed by atoms with E-state index in [1.54, 1.807) is 0 Å². The van der Waals surface area contributed by atoms with Gasteiger partial charge in [0.15, 0.2) is 0 Å². The standard InChI is InChI=1S/C10H17NO3/c11-7-10(3-1-4-10)9(12)14-8-2-5-13-6-8/h8H,1-7,11H2. The molecule has 14 heavy (non-hydrogen) atoms. The number of ether oxygens (including phenoxy) is 2. The summed E-state index contributed by atoms with van der Waals surface area (Å²) in [5.74, 6) is -0.109. The molecule has 1 heterocycles. The Labute approximate surface area is 83.7 Å². The first kappa shape index (κ1) is 9.93. The van der Waals surface area contributed by atoms with E-state index >= 15 is 0 Å². The van der Waals surface area contributed by atoms with Gasteiger partial charge in [-0.05, 0) is 12.8 Å². The Morgan fingerprint density at radius 3 is 2.79 bits per heavy atom. The Bertz CT molecular complexity index is 214. The molecule has 1 unspecified atom stereocenters. The number of rotatable bonds is 3. The minimum atomic E-state index is -0.359. The fourth-order valence-corrected chi connectivity index (χ4v) is 1.98. The van der Waals surface area contributed by atoms with E-state index in [-0.39, 0.29) is 17.5 Å². The van der Waals surface area contributed by atoms with Crippen LogP contribution in [0.15, 0.2) is 0 Å². The van der Waals surface area contributed by atoms with Crippen molar-refractivity contribution in [3.8, 4) is 0 Å². The first-order chi connectivity index (χ1) is 6.77. The van der Waals surface area contributed by atoms with Gasteiger partial charge in [0, 0.05) is 13.0 Å². The van der Waals surface area contributed by atoms with E-state index in [1.807, 2.05) is 0 Å². The topological polar surface area (TPSA) is 61.6 Å². The molecule has 2 rings (SSSR count). The molecule has 0 aromatic heterocycles. The van der Waals surface area contributed by atoms with Crippen molar-refractivity contribution in [3.63, 3.8) is 0 Å². The maximum atomic E-state index is 11.8. The van der Waals surface area contributed by atoms with Gasteiger partial charge in [0.25, 0.3) is 0 Å². The smallest absolute Gasteiger partial charge is 0.313 e. The molecule has 1 aliphatic carbocycles. The zero-order valence-corrected chi connectivity index (χ0v) is 8.33. The van der Waals surface area contributed by atoms with Crippen LogP contribution in [0, 0.1) is 5.41 Å². The van der Waals surface area contributed by atoms with Gasteiger partial charge in [0.1, 0.15) is 6.10 Å². The maximum absolute atomic E-state index is 11.8. The Balaban J connectivity index is 1.87. The SMILES string of the molecule is NCC1(C(=O)OC2CCOC2)CCC1. The van der Waals surface area contributed by atoms with E-state index < -0.39 is 0 Å². The highest BCUT2D eigenvalue weighted by molar-refractivity contribution is 5.78. The first-order valence-electron chi connectivity index (χ1n) is 5.26. The average molecular weight is 199 g/mol. The quantitative estimate of drug-likeness (QED) is 0.670. The van der Waals surface area contributed by atoms with Gasteiger partial charge in [-0.15, -0.1) is 0 Å². The molecule has 2 aliphatic rings. The molecule has 1 saturated heterocycles. The van der Waals surface area contributed by atoms with E-state index in [9.17, 15) is 4.79 Å². The van der Waals surface area contributed by atoms with Crippen molar-refractivity contribution in [2.45, 2.75) is 31.8 Å². The van der Waals surface area contributed by atoms with Gasteiger partial charge in [-0.3, -0.25) is 4.79 Å². The normalized spacial score (nSPS) is 29.6. The van der Waals surface area contributed by atoms with Crippen LogP contribution in [0.3, 0.4) is 0 Å². The second kappa shape index (κ2) is 3.87. The number of carbonyl (C=O) groups excluding carboxylic acids is 1. The van der Waals surface area contributed by atoms with Crippen LogP contribution in [0.1, 0.15) is 25.7 Å². The highest BCUT2D eigenvalue weighted by Gasteiger charge is 2.45. The third kappa shape index (κ3) is 1.64. The molecule has 0 spiro atoms. The van der Waals surface area contributed by atoms with Crippen molar-refractivity contribution >= 4 is 5.97 Å². The highest BCUT2D eigenvalue weighted by atomic mass is 16.6. The molecule has 1 atom stereocenters. The van der Waals surface area contributed by atoms with Crippen LogP contribution in [-0.2, 0) is 14.3 Å². The Morgan fingerprint density at radius 2 is 2.36 bits per heavy atom. The summed E-state index contributed by atoms with van der Waals surface area (Å²) in [7, 11) is 0. The van der Waals surface area contributed by atoms with Gasteiger partial charge in [-0.1, -0.05) is 6.42 Å². The molecule has 4 heteroatoms. The van der Waals surface area contributed by atoms with Crippen molar-refractivity contribution in [1.82, 2.24) is 0 Å². The monoisotopic (exact) mass is 199 g/mol. The van der Waals surface area contributed by atoms with E-state index in [2.05, 4.69) is 0 Å². The predicted molar refractivity (Wildman–Crippen MR) is 50.7 cm³/mol. The minimum absolute atomic E-state index is 0.0356. The lowest BCUT2D eigenvalue weighted by molar-refractivity contribution is -0.166. The molecule has 0 amide bonds. The molecule has 0 radical (unpaired) electrons. The molecule has 0 aromatic carbocycles. The van der Waals surface area contributed by atoms with Gasteiger partial charge >= 0.3 is 5.97 Å². The molecule has 80 valence electrons. The van der Waals surface area contributed by atoms with E-state index in [1.165, 1.54) is 0 Å². The van der Waals surface area contributed by atoms with Gasteiger partial charge in [-0.2, -0.15) is 0 Å². The third-order valence-corrected chi connectivity index (χ3v) is 3.30. The van der Waals surface area contributed by atoms with Gasteiger partial charge < -0.3 is 15.2 Å². The van der Waals surface area contributed by atoms with Crippen molar-refractivity contribution in [2.24, 2.45) is 11.1 Å². The summed E-state index contributed by atoms with van der Waals surface area (Å²) in [6.45, 7) is 1.67. The van der Waals surface area contributed by atoms with Crippen molar-refractivity contribution in [2.75, 3.05) is 19.8 Å². The van der Waals surface area contributed by atoms with Crippen LogP contribution < -0.4 is 5.73 Å². The molecule has 4 nitrogen and oxygen atoms in total. The van der Waals surface area contributed by atoms with Crippen LogP contribution in [0.2, 0.25) is 0 Å². The fourth-order valence-electron chi connectivity index (χ4n) is 1.98. The molecular formula is C10H17NO3. The Kier molecular flexibility index (Phi) is 2.74. The second-order valence-electron chi connectivity index (χ2n) is 4.23. The van der Waals surface area contributed by atoms with Crippen LogP contribution in [0.4, 0.5) is 0 Å². The van der Waals surface area contributed by atoms with E-state index in [0.29, 0.717) is 19.8 Å². The number of carbonyl (C=O) groups is 1. The molecule has 0 aromatic rings. The summed E-state index contributed by atoms with van der Waals surface area (Å²) >= 11 is 0. The molecule has 2 N–H and O–H groups in total. The fraction of sp³-hybridized carbons (Fsp3) is 0.900. The largest absolute Gasteiger partial charge is 0.459 e. The molecule has 0 bridgehead atoms. The average Bonchev–Trinajstić information content (AvgIpc) is 2.55. The third-order valence-electron chi connectivity index (χ3n) is 3.30. The van der Waals surface area contributed by atoms with Gasteiger partial charge in [0.2, 0.25) is 0 Å². The van der Waals surface area contributed by atoms with E-state index in [4.69, 9.17) is 15.2 Å². The number of esters is 1. The zero-order valence-electron chi connectivity index (χ0n) is 8.33. The van der Waals surface area contributed by atoms with Crippen molar-refractivity contribution in [1.29, 1.82) is 0 Å². The van der Waals surface area contributed by atoms with Crippen LogP contribution in [0.25, 0.3) is 0 Å². The molecular weight excluding hydrogens is 182 g/mol. The number of hydrogen-bond acceptors (Lipinski definition) is 4.